The average molecular weight is 538 g/mol. The molecule has 3 amide bonds. The summed E-state index contributed by atoms with van der Waals surface area (Å²) in [6.07, 6.45) is -0.884. The Morgan fingerprint density at radius 1 is 1.13 bits per heavy atom. The van der Waals surface area contributed by atoms with Gasteiger partial charge in [0.1, 0.15) is 11.8 Å². The number of halogens is 1. The van der Waals surface area contributed by atoms with Crippen molar-refractivity contribution in [2.45, 2.75) is 18.8 Å². The van der Waals surface area contributed by atoms with Gasteiger partial charge in [0.25, 0.3) is 11.8 Å². The van der Waals surface area contributed by atoms with Crippen molar-refractivity contribution in [3.63, 3.8) is 0 Å². The van der Waals surface area contributed by atoms with Gasteiger partial charge in [-0.1, -0.05) is 6.07 Å². The molecule has 1 aliphatic rings. The molecule has 0 N–H and O–H groups in total. The Labute approximate surface area is 194 Å². The summed E-state index contributed by atoms with van der Waals surface area (Å²) in [5.41, 5.74) is 0.806. The fourth-order valence-corrected chi connectivity index (χ4v) is 3.76. The minimum Gasteiger partial charge on any atom is -0.497 e. The summed E-state index contributed by atoms with van der Waals surface area (Å²) < 4.78 is 16.7. The second-order valence-corrected chi connectivity index (χ2v) is 8.10. The highest BCUT2D eigenvalue weighted by Crippen LogP contribution is 2.28. The van der Waals surface area contributed by atoms with Gasteiger partial charge in [0.2, 0.25) is 5.91 Å². The van der Waals surface area contributed by atoms with E-state index in [1.807, 2.05) is 12.1 Å². The van der Waals surface area contributed by atoms with Gasteiger partial charge in [-0.25, -0.2) is 4.90 Å². The van der Waals surface area contributed by atoms with E-state index in [0.717, 1.165) is 8.47 Å². The molecule has 8 nitrogen and oxygen atoms in total. The highest BCUT2D eigenvalue weighted by Gasteiger charge is 2.45. The Balaban J connectivity index is 1.95. The van der Waals surface area contributed by atoms with Gasteiger partial charge in [-0.2, -0.15) is 0 Å². The molecule has 3 rings (SSSR count). The summed E-state index contributed by atoms with van der Waals surface area (Å²) in [7, 11) is 4.40. The van der Waals surface area contributed by atoms with Crippen LogP contribution in [0.4, 0.5) is 5.69 Å². The van der Waals surface area contributed by atoms with Crippen molar-refractivity contribution < 1.29 is 28.6 Å². The zero-order chi connectivity index (χ0) is 22.5. The predicted octanol–water partition coefficient (Wildman–Crippen LogP) is 2.69. The number of nitrogens with zero attached hydrogens (tertiary/aromatic N) is 2. The summed E-state index contributed by atoms with van der Waals surface area (Å²) in [5, 5.41) is 0. The second kappa shape index (κ2) is 10.2. The lowest BCUT2D eigenvalue weighted by atomic mass is 10.1. The van der Waals surface area contributed by atoms with Gasteiger partial charge in [0.05, 0.1) is 25.8 Å². The molecule has 0 aromatic heterocycles. The molecule has 1 saturated heterocycles. The first kappa shape index (κ1) is 23.2. The Bertz CT molecular complexity index is 961. The van der Waals surface area contributed by atoms with Gasteiger partial charge >= 0.3 is 0 Å². The number of benzene rings is 2. The number of imide groups is 1. The maximum absolute atomic E-state index is 13.4. The highest BCUT2D eigenvalue weighted by atomic mass is 127. The molecule has 164 valence electrons. The number of carbonyl (C=O) groups is 3. The number of carbonyl (C=O) groups excluding carboxylic acids is 3. The molecule has 1 aliphatic heterocycles. The molecule has 0 radical (unpaired) electrons. The fraction of sp³-hybridized carbons (Fsp3) is 0.318. The Morgan fingerprint density at radius 2 is 1.81 bits per heavy atom. The van der Waals surface area contributed by atoms with E-state index >= 15 is 0 Å². The van der Waals surface area contributed by atoms with Crippen molar-refractivity contribution in [1.82, 2.24) is 4.90 Å². The predicted molar refractivity (Wildman–Crippen MR) is 122 cm³/mol. The highest BCUT2D eigenvalue weighted by molar-refractivity contribution is 14.1. The molecule has 31 heavy (non-hydrogen) atoms. The summed E-state index contributed by atoms with van der Waals surface area (Å²) in [4.78, 5) is 41.9. The summed E-state index contributed by atoms with van der Waals surface area (Å²) in [6.45, 7) is -0.0206. The maximum atomic E-state index is 13.4. The monoisotopic (exact) mass is 538 g/mol. The van der Waals surface area contributed by atoms with Crippen molar-refractivity contribution in [2.24, 2.45) is 0 Å². The van der Waals surface area contributed by atoms with E-state index in [1.165, 1.54) is 26.2 Å². The van der Waals surface area contributed by atoms with Crippen LogP contribution in [0.3, 0.4) is 0 Å². The van der Waals surface area contributed by atoms with Crippen LogP contribution in [0.1, 0.15) is 16.8 Å². The van der Waals surface area contributed by atoms with Gasteiger partial charge in [0, 0.05) is 23.4 Å². The first-order valence-corrected chi connectivity index (χ1v) is 10.6. The number of hydrogen-bond acceptors (Lipinski definition) is 6. The van der Waals surface area contributed by atoms with E-state index in [0.29, 0.717) is 17.0 Å². The molecule has 2 aromatic rings. The van der Waals surface area contributed by atoms with Crippen molar-refractivity contribution in [1.29, 1.82) is 0 Å². The van der Waals surface area contributed by atoms with Crippen LogP contribution in [0.25, 0.3) is 0 Å². The standard InChI is InChI=1S/C22H23IN2O6/c1-29-17-6-4-5-14(11-17)21(27)24(13-20(30-2)31-3)18-12-19(26)25(22(18)28)16-9-7-15(23)8-10-16/h4-11,18,20H,12-13H2,1-3H3. The normalized spacial score (nSPS) is 16.2. The largest absolute Gasteiger partial charge is 0.497 e. The van der Waals surface area contributed by atoms with E-state index in [2.05, 4.69) is 22.6 Å². The van der Waals surface area contributed by atoms with E-state index < -0.39 is 24.1 Å². The maximum Gasteiger partial charge on any atom is 0.257 e. The number of hydrogen-bond donors (Lipinski definition) is 0. The third-order valence-electron chi connectivity index (χ3n) is 5.03. The molecule has 1 fully saturated rings. The molecule has 1 atom stereocenters. The average Bonchev–Trinajstić information content (AvgIpc) is 3.08. The lowest BCUT2D eigenvalue weighted by Crippen LogP contribution is -2.49. The Morgan fingerprint density at radius 3 is 2.42 bits per heavy atom. The van der Waals surface area contributed by atoms with Crippen LogP contribution in [0.5, 0.6) is 5.75 Å². The molecule has 0 aliphatic carbocycles. The molecule has 1 heterocycles. The first-order chi connectivity index (χ1) is 14.9. The summed E-state index contributed by atoms with van der Waals surface area (Å²) in [6, 6.07) is 12.7. The number of methoxy groups -OCH3 is 3. The van der Waals surface area contributed by atoms with Crippen molar-refractivity contribution in [2.75, 3.05) is 32.8 Å². The number of anilines is 1. The lowest BCUT2D eigenvalue weighted by Gasteiger charge is -2.30. The zero-order valence-electron chi connectivity index (χ0n) is 17.4. The summed E-state index contributed by atoms with van der Waals surface area (Å²) in [5.74, 6) is -0.747. The minimum absolute atomic E-state index is 0.0206. The first-order valence-electron chi connectivity index (χ1n) is 9.52. The van der Waals surface area contributed by atoms with Gasteiger partial charge in [-0.05, 0) is 65.1 Å². The van der Waals surface area contributed by atoms with Crippen molar-refractivity contribution in [3.05, 3.63) is 57.7 Å². The van der Waals surface area contributed by atoms with Gasteiger partial charge in [0.15, 0.2) is 6.29 Å². The third kappa shape index (κ3) is 5.05. The SMILES string of the molecule is COc1cccc(C(=O)N(CC(OC)OC)C2CC(=O)N(c3ccc(I)cc3)C2=O)c1. The van der Waals surface area contributed by atoms with Gasteiger partial charge < -0.3 is 19.1 Å². The van der Waals surface area contributed by atoms with Crippen LogP contribution >= 0.6 is 22.6 Å². The second-order valence-electron chi connectivity index (χ2n) is 6.85. The molecular weight excluding hydrogens is 515 g/mol. The Hall–Kier alpha value is -2.50. The van der Waals surface area contributed by atoms with Crippen LogP contribution in [-0.2, 0) is 19.1 Å². The molecule has 2 aromatic carbocycles. The molecule has 9 heteroatoms. The molecular formula is C22H23IN2O6. The van der Waals surface area contributed by atoms with E-state index in [-0.39, 0.29) is 18.9 Å². The van der Waals surface area contributed by atoms with Crippen LogP contribution in [0.2, 0.25) is 0 Å². The number of ether oxygens (including phenoxy) is 3. The molecule has 1 unspecified atom stereocenters. The quantitative estimate of drug-likeness (QED) is 0.292. The number of rotatable bonds is 8. The van der Waals surface area contributed by atoms with E-state index in [9.17, 15) is 14.4 Å². The topological polar surface area (TPSA) is 85.4 Å². The molecule has 0 spiro atoms. The Kier molecular flexibility index (Phi) is 7.63. The van der Waals surface area contributed by atoms with Crippen LogP contribution < -0.4 is 9.64 Å². The molecule has 0 saturated carbocycles. The third-order valence-corrected chi connectivity index (χ3v) is 5.75. The molecule has 0 bridgehead atoms. The minimum atomic E-state index is -0.974. The van der Waals surface area contributed by atoms with E-state index in [1.54, 1.807) is 36.4 Å². The smallest absolute Gasteiger partial charge is 0.257 e. The van der Waals surface area contributed by atoms with Crippen molar-refractivity contribution in [3.8, 4) is 5.75 Å². The van der Waals surface area contributed by atoms with Crippen LogP contribution in [0, 0.1) is 3.57 Å². The fourth-order valence-electron chi connectivity index (χ4n) is 3.40. The van der Waals surface area contributed by atoms with Gasteiger partial charge in [-0.15, -0.1) is 0 Å². The van der Waals surface area contributed by atoms with Gasteiger partial charge in [-0.3, -0.25) is 14.4 Å². The summed E-state index contributed by atoms with van der Waals surface area (Å²) >= 11 is 2.15. The van der Waals surface area contributed by atoms with Crippen molar-refractivity contribution >= 4 is 46.0 Å². The lowest BCUT2D eigenvalue weighted by molar-refractivity contribution is -0.128. The van der Waals surface area contributed by atoms with Crippen LogP contribution in [0.15, 0.2) is 48.5 Å². The zero-order valence-corrected chi connectivity index (χ0v) is 19.6. The van der Waals surface area contributed by atoms with Crippen LogP contribution in [-0.4, -0.2) is 62.8 Å². The number of amides is 3. The van der Waals surface area contributed by atoms with E-state index in [4.69, 9.17) is 14.2 Å².